The zero-order valence-corrected chi connectivity index (χ0v) is 17.0. The second-order valence-corrected chi connectivity index (χ2v) is 9.36. The third-order valence-corrected chi connectivity index (χ3v) is 7.44. The molecule has 0 spiro atoms. The highest BCUT2D eigenvalue weighted by Crippen LogP contribution is 2.21. The van der Waals surface area contributed by atoms with Gasteiger partial charge >= 0.3 is 0 Å². The first-order valence-corrected chi connectivity index (χ1v) is 11.0. The van der Waals surface area contributed by atoms with Crippen molar-refractivity contribution >= 4 is 15.9 Å². The predicted octanol–water partition coefficient (Wildman–Crippen LogP) is 1.26. The summed E-state index contributed by atoms with van der Waals surface area (Å²) in [5, 5.41) is 0. The summed E-state index contributed by atoms with van der Waals surface area (Å²) >= 11 is 0. The smallest absolute Gasteiger partial charge is 0.243 e. The largest absolute Gasteiger partial charge is 0.497 e. The maximum absolute atomic E-state index is 12.8. The van der Waals surface area contributed by atoms with E-state index in [0.29, 0.717) is 38.5 Å². The van der Waals surface area contributed by atoms with Crippen molar-refractivity contribution < 1.29 is 17.9 Å². The first kappa shape index (κ1) is 20.1. The average Bonchev–Trinajstić information content (AvgIpc) is 2.70. The molecular formula is C19H29N3O4S. The van der Waals surface area contributed by atoms with Crippen LogP contribution in [0.25, 0.3) is 0 Å². The maximum atomic E-state index is 12.8. The van der Waals surface area contributed by atoms with Gasteiger partial charge in [0.25, 0.3) is 0 Å². The summed E-state index contributed by atoms with van der Waals surface area (Å²) in [5.74, 6) is 1.46. The summed E-state index contributed by atoms with van der Waals surface area (Å²) < 4.78 is 32.1. The van der Waals surface area contributed by atoms with E-state index in [0.717, 1.165) is 31.8 Å². The second-order valence-electron chi connectivity index (χ2n) is 7.42. The first-order valence-electron chi connectivity index (χ1n) is 9.54. The molecule has 0 saturated carbocycles. The molecule has 0 bridgehead atoms. The molecule has 1 aromatic carbocycles. The highest BCUT2D eigenvalue weighted by Gasteiger charge is 2.30. The molecule has 27 heavy (non-hydrogen) atoms. The molecule has 0 unspecified atom stereocenters. The Bertz CT molecular complexity index is 735. The molecule has 3 rings (SSSR count). The number of piperazine rings is 1. The van der Waals surface area contributed by atoms with Gasteiger partial charge in [0.2, 0.25) is 15.9 Å². The number of carbonyl (C=O) groups is 1. The molecule has 2 aliphatic rings. The Morgan fingerprint density at radius 3 is 2.19 bits per heavy atom. The first-order chi connectivity index (χ1) is 12.9. The third kappa shape index (κ3) is 4.80. The zero-order valence-electron chi connectivity index (χ0n) is 16.1. The van der Waals surface area contributed by atoms with Gasteiger partial charge in [-0.05, 0) is 56.1 Å². The van der Waals surface area contributed by atoms with E-state index in [1.165, 1.54) is 4.31 Å². The monoisotopic (exact) mass is 395 g/mol. The number of sulfonamides is 1. The van der Waals surface area contributed by atoms with Crippen molar-refractivity contribution in [3.05, 3.63) is 24.3 Å². The Hall–Kier alpha value is -1.64. The molecule has 0 N–H and O–H groups in total. The van der Waals surface area contributed by atoms with Crippen LogP contribution in [-0.4, -0.2) is 81.4 Å². The van der Waals surface area contributed by atoms with Gasteiger partial charge in [0.05, 0.1) is 18.6 Å². The van der Waals surface area contributed by atoms with E-state index in [2.05, 4.69) is 11.8 Å². The van der Waals surface area contributed by atoms with Crippen LogP contribution in [0.5, 0.6) is 5.75 Å². The van der Waals surface area contributed by atoms with E-state index in [1.807, 2.05) is 0 Å². The number of rotatable bonds is 5. The second kappa shape index (κ2) is 8.58. The lowest BCUT2D eigenvalue weighted by atomic mass is 9.99. The average molecular weight is 396 g/mol. The molecule has 0 radical (unpaired) electrons. The lowest BCUT2D eigenvalue weighted by Gasteiger charge is -2.36. The van der Waals surface area contributed by atoms with Crippen LogP contribution >= 0.6 is 0 Å². The Balaban J connectivity index is 1.53. The Kier molecular flexibility index (Phi) is 6.39. The fraction of sp³-hybridized carbons (Fsp3) is 0.632. The van der Waals surface area contributed by atoms with Gasteiger partial charge in [-0.2, -0.15) is 4.31 Å². The number of amides is 1. The molecule has 2 saturated heterocycles. The number of hydrogen-bond donors (Lipinski definition) is 0. The van der Waals surface area contributed by atoms with Crippen molar-refractivity contribution in [1.82, 2.24) is 14.1 Å². The molecule has 0 atom stereocenters. The van der Waals surface area contributed by atoms with Crippen LogP contribution in [0.15, 0.2) is 29.2 Å². The zero-order chi connectivity index (χ0) is 19.4. The van der Waals surface area contributed by atoms with Crippen molar-refractivity contribution in [3.63, 3.8) is 0 Å². The number of methoxy groups -OCH3 is 1. The molecule has 0 aliphatic carbocycles. The van der Waals surface area contributed by atoms with Gasteiger partial charge in [0, 0.05) is 26.2 Å². The lowest BCUT2D eigenvalue weighted by molar-refractivity contribution is -0.133. The van der Waals surface area contributed by atoms with Crippen LogP contribution in [-0.2, 0) is 14.8 Å². The van der Waals surface area contributed by atoms with Gasteiger partial charge in [-0.25, -0.2) is 8.42 Å². The standard InChI is InChI=1S/C19H29N3O4S/c1-16-7-9-20(10-8-16)15-19(23)21-11-13-22(14-12-21)27(24,25)18-5-3-17(26-2)4-6-18/h3-6,16H,7-15H2,1-2H3. The molecule has 2 aliphatic heterocycles. The van der Waals surface area contributed by atoms with Crippen molar-refractivity contribution in [2.75, 3.05) is 52.9 Å². The van der Waals surface area contributed by atoms with Crippen molar-refractivity contribution in [3.8, 4) is 5.75 Å². The Labute approximate surface area is 161 Å². The molecule has 7 nitrogen and oxygen atoms in total. The topological polar surface area (TPSA) is 70.2 Å². The third-order valence-electron chi connectivity index (χ3n) is 5.52. The fourth-order valence-electron chi connectivity index (χ4n) is 3.59. The van der Waals surface area contributed by atoms with Gasteiger partial charge < -0.3 is 9.64 Å². The van der Waals surface area contributed by atoms with Crippen molar-refractivity contribution in [2.45, 2.75) is 24.7 Å². The van der Waals surface area contributed by atoms with Crippen LogP contribution in [0.4, 0.5) is 0 Å². The van der Waals surface area contributed by atoms with E-state index in [9.17, 15) is 13.2 Å². The molecule has 2 fully saturated rings. The van der Waals surface area contributed by atoms with Crippen LogP contribution in [0.3, 0.4) is 0 Å². The maximum Gasteiger partial charge on any atom is 0.243 e. The minimum Gasteiger partial charge on any atom is -0.497 e. The van der Waals surface area contributed by atoms with Gasteiger partial charge in [-0.1, -0.05) is 6.92 Å². The Morgan fingerprint density at radius 2 is 1.63 bits per heavy atom. The molecule has 150 valence electrons. The fourth-order valence-corrected chi connectivity index (χ4v) is 5.01. The number of piperidine rings is 1. The normalized spacial score (nSPS) is 20.6. The summed E-state index contributed by atoms with van der Waals surface area (Å²) in [7, 11) is -1.99. The van der Waals surface area contributed by atoms with Gasteiger partial charge in [-0.15, -0.1) is 0 Å². The number of likely N-dealkylation sites (tertiary alicyclic amines) is 1. The SMILES string of the molecule is COc1ccc(S(=O)(=O)N2CCN(C(=O)CN3CCC(C)CC3)CC2)cc1. The lowest BCUT2D eigenvalue weighted by Crippen LogP contribution is -2.53. The van der Waals surface area contributed by atoms with E-state index in [4.69, 9.17) is 4.74 Å². The van der Waals surface area contributed by atoms with Crippen LogP contribution in [0.2, 0.25) is 0 Å². The van der Waals surface area contributed by atoms with E-state index < -0.39 is 10.0 Å². The summed E-state index contributed by atoms with van der Waals surface area (Å²) in [6, 6.07) is 6.41. The number of hydrogen-bond acceptors (Lipinski definition) is 5. The number of ether oxygens (including phenoxy) is 1. The predicted molar refractivity (Wildman–Crippen MR) is 103 cm³/mol. The van der Waals surface area contributed by atoms with E-state index in [1.54, 1.807) is 36.3 Å². The van der Waals surface area contributed by atoms with Crippen LogP contribution < -0.4 is 4.74 Å². The summed E-state index contributed by atoms with van der Waals surface area (Å²) in [4.78, 5) is 16.8. The molecule has 8 heteroatoms. The minimum atomic E-state index is -3.54. The highest BCUT2D eigenvalue weighted by atomic mass is 32.2. The number of benzene rings is 1. The van der Waals surface area contributed by atoms with E-state index in [-0.39, 0.29) is 10.8 Å². The van der Waals surface area contributed by atoms with Crippen molar-refractivity contribution in [2.24, 2.45) is 5.92 Å². The van der Waals surface area contributed by atoms with Crippen LogP contribution in [0.1, 0.15) is 19.8 Å². The van der Waals surface area contributed by atoms with Crippen molar-refractivity contribution in [1.29, 1.82) is 0 Å². The number of carbonyl (C=O) groups excluding carboxylic acids is 1. The summed E-state index contributed by atoms with van der Waals surface area (Å²) in [6.07, 6.45) is 2.28. The van der Waals surface area contributed by atoms with Gasteiger partial charge in [0.15, 0.2) is 0 Å². The summed E-state index contributed by atoms with van der Waals surface area (Å²) in [6.45, 7) is 6.18. The molecule has 0 aromatic heterocycles. The Morgan fingerprint density at radius 1 is 1.04 bits per heavy atom. The quantitative estimate of drug-likeness (QED) is 0.751. The van der Waals surface area contributed by atoms with Gasteiger partial charge in [0.1, 0.15) is 5.75 Å². The molecule has 2 heterocycles. The molecule has 1 aromatic rings. The van der Waals surface area contributed by atoms with E-state index >= 15 is 0 Å². The van der Waals surface area contributed by atoms with Crippen LogP contribution in [0, 0.1) is 5.92 Å². The molecular weight excluding hydrogens is 366 g/mol. The van der Waals surface area contributed by atoms with Gasteiger partial charge in [-0.3, -0.25) is 9.69 Å². The highest BCUT2D eigenvalue weighted by molar-refractivity contribution is 7.89. The molecule has 1 amide bonds. The number of nitrogens with zero attached hydrogens (tertiary/aromatic N) is 3. The summed E-state index contributed by atoms with van der Waals surface area (Å²) in [5.41, 5.74) is 0. The minimum absolute atomic E-state index is 0.103.